The van der Waals surface area contributed by atoms with Crippen LogP contribution in [0, 0.1) is 0 Å². The molecule has 0 aliphatic carbocycles. The summed E-state index contributed by atoms with van der Waals surface area (Å²) in [4.78, 5) is 75.4. The van der Waals surface area contributed by atoms with Crippen molar-refractivity contribution < 1.29 is 28.8 Å². The lowest BCUT2D eigenvalue weighted by Gasteiger charge is -2.15. The lowest BCUT2D eigenvalue weighted by molar-refractivity contribution is -0.121. The molecule has 2 heterocycles. The van der Waals surface area contributed by atoms with Crippen LogP contribution in [0.2, 0.25) is 0 Å². The Morgan fingerprint density at radius 2 is 0.868 bits per heavy atom. The average molecular weight is 506 g/mol. The Labute approximate surface area is 215 Å². The number of hydrogen-bond acceptors (Lipinski definition) is 6. The molecular weight excluding hydrogens is 488 g/mol. The van der Waals surface area contributed by atoms with E-state index in [-0.39, 0.29) is 22.5 Å². The van der Waals surface area contributed by atoms with E-state index in [2.05, 4.69) is 10.6 Å². The fourth-order valence-corrected chi connectivity index (χ4v) is 3.96. The zero-order valence-electron chi connectivity index (χ0n) is 19.6. The van der Waals surface area contributed by atoms with E-state index in [1.165, 1.54) is 12.1 Å². The molecule has 5 rings (SSSR count). The third kappa shape index (κ3) is 4.73. The molecule has 2 aliphatic heterocycles. The molecule has 38 heavy (non-hydrogen) atoms. The summed E-state index contributed by atoms with van der Waals surface area (Å²) in [6.07, 6.45) is 4.64. The van der Waals surface area contributed by atoms with Gasteiger partial charge in [-0.25, -0.2) is 9.80 Å². The summed E-state index contributed by atoms with van der Waals surface area (Å²) in [6, 6.07) is 18.6. The standard InChI is InChI=1S/C28H18N4O6/c33-23-10-11-24(34)31(23)21-8-1-4-17(14-21)27(37)29-19-6-3-7-20(16-19)30-28(38)18-5-2-9-22(15-18)32-25(35)12-13-26(32)36/h1-16H,(H,29,37)(H,30,38). The molecule has 186 valence electrons. The maximum Gasteiger partial charge on any atom is 0.258 e. The summed E-state index contributed by atoms with van der Waals surface area (Å²) in [7, 11) is 0. The molecule has 0 saturated carbocycles. The lowest BCUT2D eigenvalue weighted by atomic mass is 10.1. The summed E-state index contributed by atoms with van der Waals surface area (Å²) >= 11 is 0. The van der Waals surface area contributed by atoms with Gasteiger partial charge in [-0.1, -0.05) is 18.2 Å². The Bertz CT molecular complexity index is 1460. The summed E-state index contributed by atoms with van der Waals surface area (Å²) in [5.74, 6) is -2.92. The number of hydrogen-bond donors (Lipinski definition) is 2. The van der Waals surface area contributed by atoms with Gasteiger partial charge in [-0.3, -0.25) is 28.8 Å². The fourth-order valence-electron chi connectivity index (χ4n) is 3.96. The number of carbonyl (C=O) groups excluding carboxylic acids is 6. The average Bonchev–Trinajstić information content (AvgIpc) is 3.43. The number of anilines is 4. The molecule has 2 N–H and O–H groups in total. The van der Waals surface area contributed by atoms with E-state index in [9.17, 15) is 28.8 Å². The van der Waals surface area contributed by atoms with Crippen LogP contribution < -0.4 is 20.4 Å². The minimum absolute atomic E-state index is 0.224. The number of nitrogens with zero attached hydrogens (tertiary/aromatic N) is 2. The van der Waals surface area contributed by atoms with Crippen molar-refractivity contribution in [2.75, 3.05) is 20.4 Å². The highest BCUT2D eigenvalue weighted by Gasteiger charge is 2.26. The van der Waals surface area contributed by atoms with Gasteiger partial charge in [0.15, 0.2) is 0 Å². The topological polar surface area (TPSA) is 133 Å². The predicted molar refractivity (Wildman–Crippen MR) is 138 cm³/mol. The van der Waals surface area contributed by atoms with Crippen molar-refractivity contribution in [1.82, 2.24) is 0 Å². The van der Waals surface area contributed by atoms with Crippen LogP contribution in [0.25, 0.3) is 0 Å². The number of benzene rings is 3. The first-order chi connectivity index (χ1) is 18.3. The summed E-state index contributed by atoms with van der Waals surface area (Å²) in [5, 5.41) is 5.45. The molecule has 6 amide bonds. The van der Waals surface area contributed by atoms with Crippen LogP contribution in [0.15, 0.2) is 97.1 Å². The van der Waals surface area contributed by atoms with Crippen LogP contribution in [0.3, 0.4) is 0 Å². The Morgan fingerprint density at radius 1 is 0.500 bits per heavy atom. The molecule has 2 aliphatic rings. The van der Waals surface area contributed by atoms with Crippen LogP contribution in [0.5, 0.6) is 0 Å². The van der Waals surface area contributed by atoms with Gasteiger partial charge in [-0.05, 0) is 54.6 Å². The highest BCUT2D eigenvalue weighted by molar-refractivity contribution is 6.29. The number of amides is 6. The lowest BCUT2D eigenvalue weighted by Crippen LogP contribution is -2.29. The van der Waals surface area contributed by atoms with E-state index in [0.29, 0.717) is 11.4 Å². The van der Waals surface area contributed by atoms with Gasteiger partial charge in [-0.2, -0.15) is 0 Å². The van der Waals surface area contributed by atoms with Gasteiger partial charge in [0.05, 0.1) is 11.4 Å². The summed E-state index contributed by atoms with van der Waals surface area (Å²) < 4.78 is 0. The number of rotatable bonds is 6. The predicted octanol–water partition coefficient (Wildman–Crippen LogP) is 3.05. The van der Waals surface area contributed by atoms with Crippen LogP contribution in [0.4, 0.5) is 22.7 Å². The number of imide groups is 2. The highest BCUT2D eigenvalue weighted by Crippen LogP contribution is 2.23. The Balaban J connectivity index is 1.28. The van der Waals surface area contributed by atoms with Crippen molar-refractivity contribution in [3.05, 3.63) is 108 Å². The van der Waals surface area contributed by atoms with Crippen LogP contribution in [-0.2, 0) is 19.2 Å². The molecule has 0 spiro atoms. The molecule has 10 nitrogen and oxygen atoms in total. The molecule has 10 heteroatoms. The van der Waals surface area contributed by atoms with Gasteiger partial charge in [0, 0.05) is 46.8 Å². The monoisotopic (exact) mass is 506 g/mol. The van der Waals surface area contributed by atoms with E-state index in [0.717, 1.165) is 34.1 Å². The molecular formula is C28H18N4O6. The van der Waals surface area contributed by atoms with E-state index in [1.54, 1.807) is 60.7 Å². The minimum atomic E-state index is -0.489. The van der Waals surface area contributed by atoms with Crippen LogP contribution in [0.1, 0.15) is 20.7 Å². The van der Waals surface area contributed by atoms with Crippen molar-refractivity contribution in [2.24, 2.45) is 0 Å². The van der Waals surface area contributed by atoms with E-state index in [1.807, 2.05) is 0 Å². The van der Waals surface area contributed by atoms with Gasteiger partial charge in [0.1, 0.15) is 0 Å². The van der Waals surface area contributed by atoms with Gasteiger partial charge in [0.25, 0.3) is 35.4 Å². The van der Waals surface area contributed by atoms with Crippen molar-refractivity contribution in [3.8, 4) is 0 Å². The molecule has 0 bridgehead atoms. The molecule has 3 aromatic rings. The Hall–Kier alpha value is -5.64. The smallest absolute Gasteiger partial charge is 0.258 e. The molecule has 0 fully saturated rings. The Kier molecular flexibility index (Phi) is 6.20. The zero-order valence-corrected chi connectivity index (χ0v) is 19.6. The van der Waals surface area contributed by atoms with E-state index in [4.69, 9.17) is 0 Å². The van der Waals surface area contributed by atoms with Gasteiger partial charge in [-0.15, -0.1) is 0 Å². The first-order valence-corrected chi connectivity index (χ1v) is 11.4. The highest BCUT2D eigenvalue weighted by atomic mass is 16.2. The summed E-state index contributed by atoms with van der Waals surface area (Å²) in [5.41, 5.74) is 1.77. The fraction of sp³-hybridized carbons (Fsp3) is 0. The van der Waals surface area contributed by atoms with Gasteiger partial charge < -0.3 is 10.6 Å². The maximum absolute atomic E-state index is 12.8. The number of carbonyl (C=O) groups is 6. The molecule has 0 atom stereocenters. The maximum atomic E-state index is 12.8. The first-order valence-electron chi connectivity index (χ1n) is 11.4. The second kappa shape index (κ2) is 9.78. The molecule has 0 unspecified atom stereocenters. The van der Waals surface area contributed by atoms with Crippen molar-refractivity contribution in [3.63, 3.8) is 0 Å². The SMILES string of the molecule is O=C(Nc1cccc(NC(=O)c2cccc(N3C(=O)C=CC3=O)c2)c1)c1cccc(N2C(=O)C=CC2=O)c1. The van der Waals surface area contributed by atoms with Crippen molar-refractivity contribution >= 4 is 58.2 Å². The van der Waals surface area contributed by atoms with Crippen molar-refractivity contribution in [1.29, 1.82) is 0 Å². The third-order valence-electron chi connectivity index (χ3n) is 5.73. The zero-order chi connectivity index (χ0) is 26.8. The quantitative estimate of drug-likeness (QED) is 0.494. The first kappa shape index (κ1) is 24.1. The Morgan fingerprint density at radius 3 is 1.26 bits per heavy atom. The number of nitrogens with one attached hydrogen (secondary N) is 2. The van der Waals surface area contributed by atoms with Gasteiger partial charge in [0.2, 0.25) is 0 Å². The van der Waals surface area contributed by atoms with Gasteiger partial charge >= 0.3 is 0 Å². The second-order valence-electron chi connectivity index (χ2n) is 8.28. The normalized spacial score (nSPS) is 14.4. The minimum Gasteiger partial charge on any atom is -0.322 e. The van der Waals surface area contributed by atoms with Crippen molar-refractivity contribution in [2.45, 2.75) is 0 Å². The molecule has 3 aromatic carbocycles. The van der Waals surface area contributed by atoms with E-state index >= 15 is 0 Å². The molecule has 0 aromatic heterocycles. The molecule has 0 saturated heterocycles. The summed E-state index contributed by atoms with van der Waals surface area (Å²) in [6.45, 7) is 0. The second-order valence-corrected chi connectivity index (χ2v) is 8.28. The van der Waals surface area contributed by atoms with Crippen LogP contribution >= 0.6 is 0 Å². The largest absolute Gasteiger partial charge is 0.322 e. The molecule has 0 radical (unpaired) electrons. The van der Waals surface area contributed by atoms with Crippen LogP contribution in [-0.4, -0.2) is 35.4 Å². The third-order valence-corrected chi connectivity index (χ3v) is 5.73. The van der Waals surface area contributed by atoms with E-state index < -0.39 is 35.4 Å².